The Balaban J connectivity index is 2.77. The highest BCUT2D eigenvalue weighted by molar-refractivity contribution is 14.1. The van der Waals surface area contributed by atoms with Crippen LogP contribution >= 0.6 is 34.2 Å². The molecule has 5 heteroatoms. The van der Waals surface area contributed by atoms with Crippen molar-refractivity contribution in [3.05, 3.63) is 20.9 Å². The molecular weight excluding hydrogens is 302 g/mol. The first kappa shape index (κ1) is 11.0. The molecule has 0 saturated heterocycles. The molecule has 0 aromatic carbocycles. The largest absolute Gasteiger partial charge is 0.394 e. The molecule has 13 heavy (non-hydrogen) atoms. The Hall–Kier alpha value is -0.0700. The molecule has 0 aliphatic heterocycles. The van der Waals surface area contributed by atoms with Gasteiger partial charge in [0.15, 0.2) is 0 Å². The van der Waals surface area contributed by atoms with Crippen LogP contribution in [0.1, 0.15) is 6.92 Å². The van der Waals surface area contributed by atoms with E-state index < -0.39 is 0 Å². The number of hydrogen-bond acceptors (Lipinski definition) is 3. The highest BCUT2D eigenvalue weighted by Crippen LogP contribution is 2.16. The van der Waals surface area contributed by atoms with Crippen LogP contribution < -0.4 is 5.32 Å². The molecule has 1 heterocycles. The number of halogens is 2. The minimum absolute atomic E-state index is 0.0123. The van der Waals surface area contributed by atoms with Crippen molar-refractivity contribution in [2.24, 2.45) is 0 Å². The predicted octanol–water partition coefficient (Wildman–Crippen LogP) is 2.13. The number of nitrogens with zero attached hydrogens (tertiary/aromatic N) is 1. The average Bonchev–Trinajstić information content (AvgIpc) is 2.02. The summed E-state index contributed by atoms with van der Waals surface area (Å²) in [4.78, 5) is 4.06. The van der Waals surface area contributed by atoms with Crippen LogP contribution in [-0.4, -0.2) is 22.7 Å². The molecule has 0 aliphatic rings. The maximum Gasteiger partial charge on any atom is 0.132 e. The van der Waals surface area contributed by atoms with Gasteiger partial charge in [0.25, 0.3) is 0 Å². The maximum atomic E-state index is 8.81. The first-order chi connectivity index (χ1) is 6.11. The quantitative estimate of drug-likeness (QED) is 0.664. The van der Waals surface area contributed by atoms with Crippen molar-refractivity contribution in [3.63, 3.8) is 0 Å². The van der Waals surface area contributed by atoms with Crippen molar-refractivity contribution in [2.75, 3.05) is 11.9 Å². The Bertz CT molecular complexity index is 275. The van der Waals surface area contributed by atoms with Gasteiger partial charge in [-0.3, -0.25) is 0 Å². The Morgan fingerprint density at radius 3 is 2.92 bits per heavy atom. The lowest BCUT2D eigenvalue weighted by atomic mass is 10.3. The predicted molar refractivity (Wildman–Crippen MR) is 62.1 cm³/mol. The fraction of sp³-hybridized carbons (Fsp3) is 0.375. The number of hydrogen-bond donors (Lipinski definition) is 2. The first-order valence-corrected chi connectivity index (χ1v) is 5.28. The number of anilines is 1. The SMILES string of the molecule is CC(CO)Nc1cc(I)cc(Cl)n1. The van der Waals surface area contributed by atoms with Crippen molar-refractivity contribution in [1.29, 1.82) is 0 Å². The second-order valence-electron chi connectivity index (χ2n) is 2.72. The fourth-order valence-electron chi connectivity index (χ4n) is 0.838. The van der Waals surface area contributed by atoms with Gasteiger partial charge in [0, 0.05) is 9.61 Å². The van der Waals surface area contributed by atoms with Crippen LogP contribution in [0.25, 0.3) is 0 Å². The molecule has 1 rings (SSSR count). The molecule has 0 bridgehead atoms. The number of nitrogens with one attached hydrogen (secondary N) is 1. The van der Waals surface area contributed by atoms with Gasteiger partial charge in [0.2, 0.25) is 0 Å². The Morgan fingerprint density at radius 1 is 1.69 bits per heavy atom. The summed E-state index contributed by atoms with van der Waals surface area (Å²) in [6, 6.07) is 3.64. The molecule has 3 nitrogen and oxygen atoms in total. The van der Waals surface area contributed by atoms with E-state index in [1.54, 1.807) is 6.07 Å². The highest BCUT2D eigenvalue weighted by atomic mass is 127. The topological polar surface area (TPSA) is 45.1 Å². The molecule has 0 saturated carbocycles. The van der Waals surface area contributed by atoms with E-state index in [-0.39, 0.29) is 12.6 Å². The maximum absolute atomic E-state index is 8.81. The lowest BCUT2D eigenvalue weighted by Crippen LogP contribution is -2.20. The van der Waals surface area contributed by atoms with Crippen LogP contribution in [-0.2, 0) is 0 Å². The lowest BCUT2D eigenvalue weighted by Gasteiger charge is -2.11. The minimum Gasteiger partial charge on any atom is -0.394 e. The molecule has 0 radical (unpaired) electrons. The van der Waals surface area contributed by atoms with Gasteiger partial charge in [-0.25, -0.2) is 4.98 Å². The zero-order valence-corrected chi connectivity index (χ0v) is 10.0. The summed E-state index contributed by atoms with van der Waals surface area (Å²) in [6.07, 6.45) is 0. The van der Waals surface area contributed by atoms with Crippen LogP contribution in [0.3, 0.4) is 0 Å². The van der Waals surface area contributed by atoms with Gasteiger partial charge in [-0.1, -0.05) is 11.6 Å². The molecule has 1 aromatic rings. The van der Waals surface area contributed by atoms with Gasteiger partial charge in [-0.15, -0.1) is 0 Å². The van der Waals surface area contributed by atoms with Gasteiger partial charge >= 0.3 is 0 Å². The van der Waals surface area contributed by atoms with Gasteiger partial charge in [-0.2, -0.15) is 0 Å². The summed E-state index contributed by atoms with van der Waals surface area (Å²) < 4.78 is 1.02. The summed E-state index contributed by atoms with van der Waals surface area (Å²) in [6.45, 7) is 1.94. The Morgan fingerprint density at radius 2 is 2.38 bits per heavy atom. The summed E-state index contributed by atoms with van der Waals surface area (Å²) in [7, 11) is 0. The van der Waals surface area contributed by atoms with Crippen molar-refractivity contribution >= 4 is 40.0 Å². The van der Waals surface area contributed by atoms with E-state index in [1.807, 2.05) is 13.0 Å². The van der Waals surface area contributed by atoms with E-state index in [0.717, 1.165) is 3.57 Å². The van der Waals surface area contributed by atoms with Crippen molar-refractivity contribution in [3.8, 4) is 0 Å². The molecular formula is C8H10ClIN2O. The summed E-state index contributed by atoms with van der Waals surface area (Å²) in [5.74, 6) is 0.693. The lowest BCUT2D eigenvalue weighted by molar-refractivity contribution is 0.281. The summed E-state index contributed by atoms with van der Waals surface area (Å²) in [5.41, 5.74) is 0. The third-order valence-corrected chi connectivity index (χ3v) is 2.24. The highest BCUT2D eigenvalue weighted by Gasteiger charge is 2.02. The number of aromatic nitrogens is 1. The van der Waals surface area contributed by atoms with E-state index in [1.165, 1.54) is 0 Å². The zero-order valence-electron chi connectivity index (χ0n) is 7.09. The Kier molecular flexibility index (Phi) is 4.21. The van der Waals surface area contributed by atoms with Crippen molar-refractivity contribution < 1.29 is 5.11 Å². The third kappa shape index (κ3) is 3.66. The molecule has 0 spiro atoms. The van der Waals surface area contributed by atoms with Gasteiger partial charge < -0.3 is 10.4 Å². The first-order valence-electron chi connectivity index (χ1n) is 3.82. The standard InChI is InChI=1S/C8H10ClIN2O/c1-5(4-13)11-8-3-6(10)2-7(9)12-8/h2-3,5,13H,4H2,1H3,(H,11,12). The van der Waals surface area contributed by atoms with Crippen LogP contribution in [0.4, 0.5) is 5.82 Å². The normalized spacial score (nSPS) is 12.6. The number of aliphatic hydroxyl groups excluding tert-OH is 1. The monoisotopic (exact) mass is 312 g/mol. The number of rotatable bonds is 3. The van der Waals surface area contributed by atoms with Crippen LogP contribution in [0.2, 0.25) is 5.15 Å². The molecule has 0 aliphatic carbocycles. The van der Waals surface area contributed by atoms with Crippen LogP contribution in [0.5, 0.6) is 0 Å². The van der Waals surface area contributed by atoms with Gasteiger partial charge in [0.05, 0.1) is 6.61 Å². The third-order valence-electron chi connectivity index (χ3n) is 1.43. The fourth-order valence-corrected chi connectivity index (χ4v) is 1.82. The molecule has 1 atom stereocenters. The van der Waals surface area contributed by atoms with Crippen LogP contribution in [0, 0.1) is 3.57 Å². The smallest absolute Gasteiger partial charge is 0.132 e. The molecule has 1 aromatic heterocycles. The number of aliphatic hydroxyl groups is 1. The van der Waals surface area contributed by atoms with Crippen molar-refractivity contribution in [1.82, 2.24) is 4.98 Å². The molecule has 0 amide bonds. The molecule has 1 unspecified atom stereocenters. The average molecular weight is 313 g/mol. The second kappa shape index (κ2) is 4.97. The molecule has 0 fully saturated rings. The van der Waals surface area contributed by atoms with Gasteiger partial charge in [-0.05, 0) is 41.6 Å². The second-order valence-corrected chi connectivity index (χ2v) is 4.35. The van der Waals surface area contributed by atoms with E-state index >= 15 is 0 Å². The minimum atomic E-state index is -0.0123. The number of pyridine rings is 1. The van der Waals surface area contributed by atoms with E-state index in [4.69, 9.17) is 16.7 Å². The Labute approximate surface area is 95.7 Å². The zero-order chi connectivity index (χ0) is 9.84. The van der Waals surface area contributed by atoms with Crippen LogP contribution in [0.15, 0.2) is 12.1 Å². The van der Waals surface area contributed by atoms with Crippen molar-refractivity contribution in [2.45, 2.75) is 13.0 Å². The summed E-state index contributed by atoms with van der Waals surface area (Å²) >= 11 is 7.92. The van der Waals surface area contributed by atoms with E-state index in [2.05, 4.69) is 32.9 Å². The molecule has 72 valence electrons. The van der Waals surface area contributed by atoms with E-state index in [0.29, 0.717) is 11.0 Å². The van der Waals surface area contributed by atoms with E-state index in [9.17, 15) is 0 Å². The van der Waals surface area contributed by atoms with Gasteiger partial charge in [0.1, 0.15) is 11.0 Å². The summed E-state index contributed by atoms with van der Waals surface area (Å²) in [5, 5.41) is 12.3. The molecule has 2 N–H and O–H groups in total.